The Labute approximate surface area is 88.4 Å². The molecule has 86 valence electrons. The first-order chi connectivity index (χ1) is 7.17. The summed E-state index contributed by atoms with van der Waals surface area (Å²) < 4.78 is 5.53. The lowest BCUT2D eigenvalue weighted by Gasteiger charge is -2.36. The molecule has 2 aliphatic rings. The molecule has 5 nitrogen and oxygen atoms in total. The smallest absolute Gasteiger partial charge is 0.183 e. The van der Waals surface area contributed by atoms with Crippen molar-refractivity contribution in [2.45, 2.75) is 44.1 Å². The van der Waals surface area contributed by atoms with Crippen molar-refractivity contribution in [1.29, 1.82) is 0 Å². The number of ether oxygens (including phenoxy) is 1. The van der Waals surface area contributed by atoms with E-state index in [0.29, 0.717) is 18.7 Å². The van der Waals surface area contributed by atoms with Crippen LogP contribution in [0, 0.1) is 5.92 Å². The van der Waals surface area contributed by atoms with Gasteiger partial charge < -0.3 is 20.1 Å². The molecule has 3 N–H and O–H groups in total. The van der Waals surface area contributed by atoms with E-state index < -0.39 is 12.2 Å². The van der Waals surface area contributed by atoms with Gasteiger partial charge in [0.2, 0.25) is 0 Å². The van der Waals surface area contributed by atoms with Gasteiger partial charge in [0.25, 0.3) is 0 Å². The Hall–Kier alpha value is -0.650. The Balaban J connectivity index is 2.12. The van der Waals surface area contributed by atoms with Crippen LogP contribution in [0.3, 0.4) is 0 Å². The molecular formula is C10H17NO4. The molecule has 5 atom stereocenters. The van der Waals surface area contributed by atoms with E-state index in [1.165, 1.54) is 0 Å². The normalized spacial score (nSPS) is 44.5. The zero-order valence-corrected chi connectivity index (χ0v) is 8.71. The average Bonchev–Trinajstić information content (AvgIpc) is 2.66. The Kier molecular flexibility index (Phi) is 2.95. The zero-order chi connectivity index (χ0) is 11.0. The predicted molar refractivity (Wildman–Crippen MR) is 53.6 cm³/mol. The van der Waals surface area contributed by atoms with Gasteiger partial charge in [-0.25, -0.2) is 4.99 Å². The molecule has 0 spiro atoms. The third-order valence-electron chi connectivity index (χ3n) is 3.22. The third kappa shape index (κ3) is 1.75. The van der Waals surface area contributed by atoms with Gasteiger partial charge in [0.15, 0.2) is 5.90 Å². The summed E-state index contributed by atoms with van der Waals surface area (Å²) in [5, 5.41) is 28.6. The number of aliphatic hydroxyl groups excluding tert-OH is 3. The van der Waals surface area contributed by atoms with Gasteiger partial charge in [0, 0.05) is 18.9 Å². The molecule has 1 heterocycles. The predicted octanol–water partition coefficient (Wildman–Crippen LogP) is -0.704. The van der Waals surface area contributed by atoms with Crippen molar-refractivity contribution in [2.24, 2.45) is 10.9 Å². The van der Waals surface area contributed by atoms with Crippen LogP contribution in [0.1, 0.15) is 19.8 Å². The molecule has 0 aromatic rings. The number of hydrogen-bond donors (Lipinski definition) is 3. The summed E-state index contributed by atoms with van der Waals surface area (Å²) in [7, 11) is 0. The van der Waals surface area contributed by atoms with Gasteiger partial charge in [-0.1, -0.05) is 6.92 Å². The van der Waals surface area contributed by atoms with Gasteiger partial charge in [0.05, 0.1) is 6.10 Å². The zero-order valence-electron chi connectivity index (χ0n) is 8.71. The fraction of sp³-hybridized carbons (Fsp3) is 0.900. The van der Waals surface area contributed by atoms with Crippen molar-refractivity contribution in [3.63, 3.8) is 0 Å². The second kappa shape index (κ2) is 4.08. The van der Waals surface area contributed by atoms with Gasteiger partial charge in [-0.2, -0.15) is 0 Å². The van der Waals surface area contributed by atoms with E-state index in [1.807, 2.05) is 6.92 Å². The van der Waals surface area contributed by atoms with E-state index >= 15 is 0 Å². The van der Waals surface area contributed by atoms with E-state index in [0.717, 1.165) is 0 Å². The molecule has 1 saturated carbocycles. The minimum atomic E-state index is -0.926. The molecule has 2 rings (SSSR count). The summed E-state index contributed by atoms with van der Waals surface area (Å²) in [5.74, 6) is 0.322. The van der Waals surface area contributed by atoms with E-state index in [4.69, 9.17) is 9.84 Å². The summed E-state index contributed by atoms with van der Waals surface area (Å²) in [6.07, 6.45) is -0.772. The molecule has 0 aromatic carbocycles. The monoisotopic (exact) mass is 215 g/mol. The van der Waals surface area contributed by atoms with Crippen LogP contribution >= 0.6 is 0 Å². The fourth-order valence-electron chi connectivity index (χ4n) is 2.28. The molecule has 0 bridgehead atoms. The molecule has 5 unspecified atom stereocenters. The first-order valence-corrected chi connectivity index (χ1v) is 5.37. The van der Waals surface area contributed by atoms with E-state index in [-0.39, 0.29) is 24.7 Å². The maximum atomic E-state index is 9.81. The van der Waals surface area contributed by atoms with Crippen molar-refractivity contribution in [3.8, 4) is 0 Å². The Morgan fingerprint density at radius 1 is 1.40 bits per heavy atom. The Morgan fingerprint density at radius 2 is 2.13 bits per heavy atom. The lowest BCUT2D eigenvalue weighted by molar-refractivity contribution is -0.0947. The van der Waals surface area contributed by atoms with Crippen molar-refractivity contribution in [3.05, 3.63) is 0 Å². The minimum Gasteiger partial charge on any atom is -0.475 e. The van der Waals surface area contributed by atoms with Crippen molar-refractivity contribution >= 4 is 5.90 Å². The minimum absolute atomic E-state index is 0.133. The first-order valence-electron chi connectivity index (χ1n) is 5.37. The summed E-state index contributed by atoms with van der Waals surface area (Å²) in [6.45, 7) is 1.80. The number of rotatable bonds is 2. The van der Waals surface area contributed by atoms with E-state index in [9.17, 15) is 10.2 Å². The maximum absolute atomic E-state index is 9.81. The summed E-state index contributed by atoms with van der Waals surface area (Å²) >= 11 is 0. The van der Waals surface area contributed by atoms with Crippen LogP contribution in [-0.4, -0.2) is 52.2 Å². The highest BCUT2D eigenvalue weighted by atomic mass is 16.5. The highest BCUT2D eigenvalue weighted by Crippen LogP contribution is 2.33. The fourth-order valence-corrected chi connectivity index (χ4v) is 2.28. The summed E-state index contributed by atoms with van der Waals surface area (Å²) in [4.78, 5) is 4.23. The molecule has 0 aromatic heterocycles. The Morgan fingerprint density at radius 3 is 2.73 bits per heavy atom. The molecule has 1 aliphatic heterocycles. The van der Waals surface area contributed by atoms with Crippen LogP contribution in [0.15, 0.2) is 4.99 Å². The first kappa shape index (κ1) is 10.9. The number of fused-ring (bicyclic) bond motifs is 1. The van der Waals surface area contributed by atoms with E-state index in [2.05, 4.69) is 4.99 Å². The van der Waals surface area contributed by atoms with Crippen LogP contribution in [0.2, 0.25) is 0 Å². The van der Waals surface area contributed by atoms with Gasteiger partial charge in [0.1, 0.15) is 18.2 Å². The van der Waals surface area contributed by atoms with Crippen LogP contribution < -0.4 is 0 Å². The van der Waals surface area contributed by atoms with Gasteiger partial charge in [-0.3, -0.25) is 0 Å². The van der Waals surface area contributed by atoms with Gasteiger partial charge >= 0.3 is 0 Å². The molecule has 1 aliphatic carbocycles. The molecule has 1 fully saturated rings. The molecule has 5 heteroatoms. The van der Waals surface area contributed by atoms with Crippen molar-refractivity contribution in [1.82, 2.24) is 0 Å². The summed E-state index contributed by atoms with van der Waals surface area (Å²) in [5.41, 5.74) is 0. The Bertz CT molecular complexity index is 268. The highest BCUT2D eigenvalue weighted by molar-refractivity contribution is 5.77. The number of hydrogen-bond acceptors (Lipinski definition) is 5. The van der Waals surface area contributed by atoms with Crippen LogP contribution in [0.25, 0.3) is 0 Å². The van der Waals surface area contributed by atoms with Crippen LogP contribution in [0.4, 0.5) is 0 Å². The second-order valence-electron chi connectivity index (χ2n) is 4.18. The van der Waals surface area contributed by atoms with Gasteiger partial charge in [-0.05, 0) is 6.42 Å². The van der Waals surface area contributed by atoms with Crippen LogP contribution in [-0.2, 0) is 4.74 Å². The molecule has 0 radical (unpaired) electrons. The second-order valence-corrected chi connectivity index (χ2v) is 4.18. The van der Waals surface area contributed by atoms with E-state index in [1.54, 1.807) is 0 Å². The quantitative estimate of drug-likeness (QED) is 0.568. The third-order valence-corrected chi connectivity index (χ3v) is 3.22. The average molecular weight is 215 g/mol. The van der Waals surface area contributed by atoms with Crippen molar-refractivity contribution < 1.29 is 20.1 Å². The lowest BCUT2D eigenvalue weighted by atomic mass is 9.80. The lowest BCUT2D eigenvalue weighted by Crippen LogP contribution is -2.52. The van der Waals surface area contributed by atoms with Crippen molar-refractivity contribution in [2.75, 3.05) is 6.61 Å². The number of nitrogens with zero attached hydrogens (tertiary/aromatic N) is 1. The van der Waals surface area contributed by atoms with Crippen LogP contribution in [0.5, 0.6) is 0 Å². The highest BCUT2D eigenvalue weighted by Gasteiger charge is 2.47. The topological polar surface area (TPSA) is 82.3 Å². The van der Waals surface area contributed by atoms with Gasteiger partial charge in [-0.15, -0.1) is 0 Å². The molecular weight excluding hydrogens is 198 g/mol. The maximum Gasteiger partial charge on any atom is 0.183 e. The number of aliphatic hydroxyl groups is 3. The molecule has 0 saturated heterocycles. The number of aliphatic imine (C=N–C) groups is 1. The standard InChI is InChI=1S/C10H17NO4/c1-2-7-11-8-6(15-7)3-5(4-12)9(13)10(8)14/h5-6,8-10,12-14H,2-4H2,1H3. The SMILES string of the molecule is CCC1=NC2C(CC(CO)C(O)C2O)O1. The largest absolute Gasteiger partial charge is 0.475 e. The molecule has 15 heavy (non-hydrogen) atoms. The summed E-state index contributed by atoms with van der Waals surface area (Å²) in [6, 6.07) is -0.363. The molecule has 0 amide bonds.